The van der Waals surface area contributed by atoms with Crippen molar-refractivity contribution >= 4 is 43.6 Å². The highest BCUT2D eigenvalue weighted by Crippen LogP contribution is 2.45. The fourth-order valence-corrected chi connectivity index (χ4v) is 12.4. The third kappa shape index (κ3) is 9.26. The summed E-state index contributed by atoms with van der Waals surface area (Å²) in [5.74, 6) is 0.610. The molecule has 8 heteroatoms. The minimum atomic E-state index is 0.579. The van der Waals surface area contributed by atoms with Gasteiger partial charge in [0.25, 0.3) is 0 Å². The molecule has 0 bridgehead atoms. The number of para-hydroxylation sites is 1. The maximum atomic E-state index is 10.0. The fourth-order valence-electron chi connectivity index (χ4n) is 12.4. The first-order valence-electron chi connectivity index (χ1n) is 28.8. The average Bonchev–Trinajstić information content (AvgIpc) is 1.64. The second kappa shape index (κ2) is 21.8. The van der Waals surface area contributed by atoms with E-state index in [4.69, 9.17) is 9.97 Å². The quantitative estimate of drug-likeness (QED) is 0.134. The smallest absolute Gasteiger partial charge is 0.160 e. The zero-order valence-electron chi connectivity index (χ0n) is 47.1. The molecule has 0 saturated carbocycles. The first-order chi connectivity index (χ1) is 43.4. The Balaban J connectivity index is 1.02. The predicted octanol–water partition coefficient (Wildman–Crippen LogP) is 19.5. The van der Waals surface area contributed by atoms with Crippen LogP contribution in [0.25, 0.3) is 145 Å². The molecule has 0 N–H and O–H groups in total. The van der Waals surface area contributed by atoms with Crippen LogP contribution in [0.2, 0.25) is 0 Å². The maximum Gasteiger partial charge on any atom is 0.160 e. The lowest BCUT2D eigenvalue weighted by Gasteiger charge is -2.20. The second-order valence-electron chi connectivity index (χ2n) is 21.8. The summed E-state index contributed by atoms with van der Waals surface area (Å²) in [6.45, 7) is 0. The Labute approximate surface area is 507 Å². The molecule has 3 heterocycles. The van der Waals surface area contributed by atoms with Gasteiger partial charge in [0.1, 0.15) is 0 Å². The molecule has 406 valence electrons. The zero-order chi connectivity index (χ0) is 59.2. The topological polar surface area (TPSA) is 131 Å². The molecule has 15 rings (SSSR count). The van der Waals surface area contributed by atoms with Crippen molar-refractivity contribution in [2.45, 2.75) is 0 Å². The summed E-state index contributed by atoms with van der Waals surface area (Å²) >= 11 is 0. The summed E-state index contributed by atoms with van der Waals surface area (Å²) in [6, 6.07) is 104. The summed E-state index contributed by atoms with van der Waals surface area (Å²) in [5.41, 5.74) is 22.0. The number of hydrogen-bond acceptors (Lipinski definition) is 6. The lowest BCUT2D eigenvalue weighted by atomic mass is 9.97. The summed E-state index contributed by atoms with van der Waals surface area (Å²) < 4.78 is 4.73. The third-order valence-corrected chi connectivity index (χ3v) is 16.6. The second-order valence-corrected chi connectivity index (χ2v) is 21.8. The van der Waals surface area contributed by atoms with Gasteiger partial charge < -0.3 is 9.13 Å². The molecular formula is C80H46N8. The molecule has 88 heavy (non-hydrogen) atoms. The molecule has 0 saturated heterocycles. The Hall–Kier alpha value is -12.7. The number of fused-ring (bicyclic) bond motifs is 6. The Bertz CT molecular complexity index is 5220. The monoisotopic (exact) mass is 1120 g/mol. The van der Waals surface area contributed by atoms with Gasteiger partial charge in [-0.15, -0.1) is 0 Å². The van der Waals surface area contributed by atoms with Crippen molar-refractivity contribution in [3.05, 3.63) is 301 Å². The molecular weight excluding hydrogens is 1070 g/mol. The van der Waals surface area contributed by atoms with Gasteiger partial charge in [0, 0.05) is 49.4 Å². The molecule has 0 unspecified atom stereocenters. The van der Waals surface area contributed by atoms with Crippen LogP contribution in [-0.2, 0) is 0 Å². The molecule has 0 aliphatic heterocycles. The van der Waals surface area contributed by atoms with Crippen molar-refractivity contribution in [2.75, 3.05) is 0 Å². The number of nitriles is 4. The summed E-state index contributed by atoms with van der Waals surface area (Å²) in [7, 11) is 0. The normalized spacial score (nSPS) is 11.1. The van der Waals surface area contributed by atoms with Crippen LogP contribution in [0.5, 0.6) is 0 Å². The Morgan fingerprint density at radius 1 is 0.239 bits per heavy atom. The molecule has 0 aliphatic carbocycles. The van der Waals surface area contributed by atoms with E-state index >= 15 is 0 Å². The molecule has 0 radical (unpaired) electrons. The fraction of sp³-hybridized carbons (Fsp3) is 0. The van der Waals surface area contributed by atoms with E-state index in [1.54, 1.807) is 0 Å². The number of benzene rings is 12. The van der Waals surface area contributed by atoms with Gasteiger partial charge in [-0.2, -0.15) is 21.0 Å². The van der Waals surface area contributed by atoms with Crippen LogP contribution in [0.1, 0.15) is 22.3 Å². The zero-order valence-corrected chi connectivity index (χ0v) is 47.1. The van der Waals surface area contributed by atoms with Gasteiger partial charge in [0.15, 0.2) is 5.82 Å². The molecule has 8 nitrogen and oxygen atoms in total. The van der Waals surface area contributed by atoms with Crippen molar-refractivity contribution in [3.8, 4) is 125 Å². The Morgan fingerprint density at radius 2 is 0.568 bits per heavy atom. The number of nitrogens with zero attached hydrogens (tertiary/aromatic N) is 8. The van der Waals surface area contributed by atoms with E-state index in [0.717, 1.165) is 139 Å². The number of rotatable bonds is 10. The lowest BCUT2D eigenvalue weighted by Crippen LogP contribution is -2.02. The number of aromatic nitrogens is 4. The van der Waals surface area contributed by atoms with Crippen molar-refractivity contribution < 1.29 is 0 Å². The molecule has 0 amide bonds. The van der Waals surface area contributed by atoms with Gasteiger partial charge in [-0.3, -0.25) is 0 Å². The Morgan fingerprint density at radius 3 is 0.989 bits per heavy atom. The van der Waals surface area contributed by atoms with E-state index < -0.39 is 0 Å². The minimum absolute atomic E-state index is 0.579. The first-order valence-corrected chi connectivity index (χ1v) is 28.8. The van der Waals surface area contributed by atoms with Crippen LogP contribution in [0, 0.1) is 45.3 Å². The van der Waals surface area contributed by atoms with E-state index in [2.05, 4.69) is 167 Å². The molecule has 0 fully saturated rings. The summed E-state index contributed by atoms with van der Waals surface area (Å²) in [4.78, 5) is 10.5. The van der Waals surface area contributed by atoms with Gasteiger partial charge >= 0.3 is 0 Å². The minimum Gasteiger partial charge on any atom is -0.309 e. The predicted molar refractivity (Wildman–Crippen MR) is 353 cm³/mol. The SMILES string of the molecule is N#Cc1cccc(-c2ccc3c(c2)c2cc(-c4cccc(C#N)c4)ccc2n3-c2ccccc2-c2ccc(-c3cc(-c4ccccc4)nc(-c4ccccc4)n3)cc2-n2c3ccc(-c4cccc(C#N)c4)cc3c3cc(-c4cccc(C#N)c4)ccc32)c1. The first kappa shape index (κ1) is 52.1. The van der Waals surface area contributed by atoms with Crippen LogP contribution in [0.3, 0.4) is 0 Å². The van der Waals surface area contributed by atoms with Crippen LogP contribution in [0.4, 0.5) is 0 Å². The average molecular weight is 1120 g/mol. The molecule has 15 aromatic rings. The largest absolute Gasteiger partial charge is 0.309 e. The maximum absolute atomic E-state index is 10.0. The van der Waals surface area contributed by atoms with Crippen LogP contribution in [-0.4, -0.2) is 19.1 Å². The van der Waals surface area contributed by atoms with Crippen molar-refractivity contribution in [2.24, 2.45) is 0 Å². The Kier molecular flexibility index (Phi) is 12.9. The van der Waals surface area contributed by atoms with E-state index in [1.165, 1.54) is 0 Å². The number of hydrogen-bond donors (Lipinski definition) is 0. The summed E-state index contributed by atoms with van der Waals surface area (Å²) in [6.07, 6.45) is 0. The molecule has 0 atom stereocenters. The molecule has 3 aromatic heterocycles. The van der Waals surface area contributed by atoms with E-state index in [9.17, 15) is 21.0 Å². The molecule has 0 spiro atoms. The van der Waals surface area contributed by atoms with E-state index in [-0.39, 0.29) is 0 Å². The standard InChI is InChI=1S/C80H46N8/c81-47-51-13-9-21-57(37-51)61-28-33-75-68(41-61)69-42-62(58-22-10-14-52(38-58)48-82)29-34-76(69)87(75)74-26-8-7-25-66(74)67-32-27-65(73-46-72(55-17-3-1-4-18-55)85-80(86-73)56-19-5-2-6-20-56)45-79(67)88-77-35-30-63(59-23-11-15-53(39-59)49-83)43-70(77)71-44-64(31-36-78(71)88)60-24-12-16-54(40-60)50-84/h1-46H. The van der Waals surface area contributed by atoms with Gasteiger partial charge in [0.2, 0.25) is 0 Å². The van der Waals surface area contributed by atoms with Gasteiger partial charge in [0.05, 0.1) is 91.4 Å². The van der Waals surface area contributed by atoms with Gasteiger partial charge in [-0.25, -0.2) is 9.97 Å². The lowest BCUT2D eigenvalue weighted by molar-refractivity contribution is 1.15. The van der Waals surface area contributed by atoms with Crippen molar-refractivity contribution in [1.29, 1.82) is 21.0 Å². The van der Waals surface area contributed by atoms with Crippen LogP contribution >= 0.6 is 0 Å². The third-order valence-electron chi connectivity index (χ3n) is 16.6. The van der Waals surface area contributed by atoms with Gasteiger partial charge in [-0.1, -0.05) is 164 Å². The van der Waals surface area contributed by atoms with E-state index in [0.29, 0.717) is 28.1 Å². The summed E-state index contributed by atoms with van der Waals surface area (Å²) in [5, 5.41) is 44.0. The van der Waals surface area contributed by atoms with E-state index in [1.807, 2.05) is 146 Å². The van der Waals surface area contributed by atoms with Crippen molar-refractivity contribution in [3.63, 3.8) is 0 Å². The highest BCUT2D eigenvalue weighted by molar-refractivity contribution is 6.14. The van der Waals surface area contributed by atoms with Crippen molar-refractivity contribution in [1.82, 2.24) is 19.1 Å². The van der Waals surface area contributed by atoms with Crippen LogP contribution in [0.15, 0.2) is 279 Å². The molecule has 0 aliphatic rings. The van der Waals surface area contributed by atoms with Crippen LogP contribution < -0.4 is 0 Å². The van der Waals surface area contributed by atoms with Gasteiger partial charge in [-0.05, 0) is 160 Å². The highest BCUT2D eigenvalue weighted by Gasteiger charge is 2.24. The molecule has 12 aromatic carbocycles. The highest BCUT2D eigenvalue weighted by atomic mass is 15.0.